The maximum Gasteiger partial charge on any atom is 0.340 e. The van der Waals surface area contributed by atoms with Gasteiger partial charge in [-0.3, -0.25) is 4.79 Å². The van der Waals surface area contributed by atoms with E-state index in [-0.39, 0.29) is 5.78 Å². The lowest BCUT2D eigenvalue weighted by Crippen LogP contribution is -2.06. The summed E-state index contributed by atoms with van der Waals surface area (Å²) in [4.78, 5) is 34.0. The normalized spacial score (nSPS) is 10.9. The van der Waals surface area contributed by atoms with Crippen molar-refractivity contribution in [2.45, 2.75) is 6.92 Å². The van der Waals surface area contributed by atoms with Crippen molar-refractivity contribution in [1.82, 2.24) is 9.97 Å². The van der Waals surface area contributed by atoms with Crippen LogP contribution in [0.25, 0.3) is 22.1 Å². The van der Waals surface area contributed by atoms with E-state index in [1.54, 1.807) is 55.5 Å². The van der Waals surface area contributed by atoms with E-state index in [0.717, 1.165) is 0 Å². The Morgan fingerprint density at radius 2 is 1.63 bits per heavy atom. The number of nitrogens with zero attached hydrogens (tertiary/aromatic N) is 2. The fourth-order valence-electron chi connectivity index (χ4n) is 2.97. The fraction of sp³-hybridized carbons (Fsp3) is 0.0909. The standard InChI is InChI=1S/C22H16N2O3/c1-2-27-22(26)16-9-6-10-18-20(16)24-17-12-11-15(13-19(17)23-18)21(25)14-7-4-3-5-8-14/h3-13H,2H2,1H3. The van der Waals surface area contributed by atoms with Crippen LogP contribution in [0.3, 0.4) is 0 Å². The van der Waals surface area contributed by atoms with Crippen molar-refractivity contribution in [2.24, 2.45) is 0 Å². The van der Waals surface area contributed by atoms with Crippen molar-refractivity contribution in [3.63, 3.8) is 0 Å². The first kappa shape index (κ1) is 16.8. The van der Waals surface area contributed by atoms with Crippen LogP contribution in [0, 0.1) is 0 Å². The second-order valence-corrected chi connectivity index (χ2v) is 6.02. The zero-order valence-corrected chi connectivity index (χ0v) is 14.7. The molecule has 5 nitrogen and oxygen atoms in total. The van der Waals surface area contributed by atoms with Gasteiger partial charge in [-0.25, -0.2) is 14.8 Å². The average molecular weight is 356 g/mol. The van der Waals surface area contributed by atoms with Gasteiger partial charge in [-0.1, -0.05) is 36.4 Å². The summed E-state index contributed by atoms with van der Waals surface area (Å²) in [6.07, 6.45) is 0. The van der Waals surface area contributed by atoms with E-state index >= 15 is 0 Å². The lowest BCUT2D eigenvalue weighted by atomic mass is 10.0. The van der Waals surface area contributed by atoms with Crippen molar-refractivity contribution in [3.8, 4) is 0 Å². The first-order valence-electron chi connectivity index (χ1n) is 8.65. The maximum atomic E-state index is 12.7. The van der Waals surface area contributed by atoms with Crippen LogP contribution >= 0.6 is 0 Å². The minimum Gasteiger partial charge on any atom is -0.462 e. The highest BCUT2D eigenvalue weighted by atomic mass is 16.5. The molecule has 5 heteroatoms. The molecular weight excluding hydrogens is 340 g/mol. The van der Waals surface area contributed by atoms with E-state index in [4.69, 9.17) is 4.74 Å². The number of fused-ring (bicyclic) bond motifs is 2. The number of ketones is 1. The Labute approximate surface area is 155 Å². The molecule has 0 fully saturated rings. The Bertz CT molecular complexity index is 1170. The van der Waals surface area contributed by atoms with Gasteiger partial charge in [0.1, 0.15) is 5.52 Å². The smallest absolute Gasteiger partial charge is 0.340 e. The number of benzene rings is 3. The van der Waals surface area contributed by atoms with Gasteiger partial charge in [0.05, 0.1) is 28.7 Å². The molecule has 0 N–H and O–H groups in total. The molecular formula is C22H16N2O3. The topological polar surface area (TPSA) is 69.2 Å². The van der Waals surface area contributed by atoms with Gasteiger partial charge >= 0.3 is 5.97 Å². The van der Waals surface area contributed by atoms with Crippen LogP contribution in [0.5, 0.6) is 0 Å². The molecule has 4 aromatic rings. The zero-order valence-electron chi connectivity index (χ0n) is 14.7. The number of carbonyl (C=O) groups is 2. The van der Waals surface area contributed by atoms with Crippen LogP contribution in [0.1, 0.15) is 33.2 Å². The molecule has 3 aromatic carbocycles. The van der Waals surface area contributed by atoms with E-state index in [0.29, 0.717) is 45.4 Å². The molecule has 1 aromatic heterocycles. The van der Waals surface area contributed by atoms with Crippen LogP contribution in [0.4, 0.5) is 0 Å². The second-order valence-electron chi connectivity index (χ2n) is 6.02. The van der Waals surface area contributed by atoms with Crippen molar-refractivity contribution in [2.75, 3.05) is 6.61 Å². The highest BCUT2D eigenvalue weighted by Crippen LogP contribution is 2.22. The third-order valence-electron chi connectivity index (χ3n) is 4.26. The number of ether oxygens (including phenoxy) is 1. The molecule has 1 heterocycles. The molecule has 132 valence electrons. The predicted molar refractivity (Wildman–Crippen MR) is 103 cm³/mol. The molecule has 0 unspecified atom stereocenters. The van der Waals surface area contributed by atoms with Gasteiger partial charge < -0.3 is 4.74 Å². The Hall–Kier alpha value is -3.60. The van der Waals surface area contributed by atoms with E-state index in [9.17, 15) is 9.59 Å². The van der Waals surface area contributed by atoms with Crippen LogP contribution < -0.4 is 0 Å². The molecule has 0 saturated carbocycles. The molecule has 27 heavy (non-hydrogen) atoms. The van der Waals surface area contributed by atoms with E-state index < -0.39 is 5.97 Å². The fourth-order valence-corrected chi connectivity index (χ4v) is 2.97. The SMILES string of the molecule is CCOC(=O)c1cccc2nc3cc(C(=O)c4ccccc4)ccc3nc12. The third kappa shape index (κ3) is 3.15. The summed E-state index contributed by atoms with van der Waals surface area (Å²) >= 11 is 0. The van der Waals surface area contributed by atoms with Crippen molar-refractivity contribution in [1.29, 1.82) is 0 Å². The van der Waals surface area contributed by atoms with Crippen molar-refractivity contribution >= 4 is 33.8 Å². The number of esters is 1. The Kier molecular flexibility index (Phi) is 4.34. The number of aromatic nitrogens is 2. The molecule has 0 spiro atoms. The summed E-state index contributed by atoms with van der Waals surface area (Å²) in [5, 5.41) is 0. The number of rotatable bonds is 4. The van der Waals surface area contributed by atoms with Crippen LogP contribution in [-0.2, 0) is 4.74 Å². The summed E-state index contributed by atoms with van der Waals surface area (Å²) in [6.45, 7) is 2.05. The van der Waals surface area contributed by atoms with E-state index in [1.165, 1.54) is 0 Å². The van der Waals surface area contributed by atoms with Gasteiger partial charge in [0.2, 0.25) is 0 Å². The average Bonchev–Trinajstić information content (AvgIpc) is 2.71. The first-order chi connectivity index (χ1) is 13.2. The highest BCUT2D eigenvalue weighted by molar-refractivity contribution is 6.10. The molecule has 4 rings (SSSR count). The number of para-hydroxylation sites is 1. The first-order valence-corrected chi connectivity index (χ1v) is 8.65. The molecule has 0 saturated heterocycles. The van der Waals surface area contributed by atoms with E-state index in [1.807, 2.05) is 18.2 Å². The minimum absolute atomic E-state index is 0.0697. The van der Waals surface area contributed by atoms with Gasteiger partial charge in [0.25, 0.3) is 0 Å². The zero-order chi connectivity index (χ0) is 18.8. The Balaban J connectivity index is 1.82. The molecule has 0 aliphatic carbocycles. The minimum atomic E-state index is -0.423. The predicted octanol–water partition coefficient (Wildman–Crippen LogP) is 4.19. The lowest BCUT2D eigenvalue weighted by Gasteiger charge is -2.07. The summed E-state index contributed by atoms with van der Waals surface area (Å²) < 4.78 is 5.10. The van der Waals surface area contributed by atoms with Gasteiger partial charge in [0, 0.05) is 11.1 Å². The third-order valence-corrected chi connectivity index (χ3v) is 4.26. The lowest BCUT2D eigenvalue weighted by molar-refractivity contribution is 0.0528. The molecule has 0 amide bonds. The van der Waals surface area contributed by atoms with Gasteiger partial charge in [-0.15, -0.1) is 0 Å². The van der Waals surface area contributed by atoms with Crippen molar-refractivity contribution in [3.05, 3.63) is 83.4 Å². The molecule has 0 bridgehead atoms. The second kappa shape index (κ2) is 6.96. The molecule has 0 atom stereocenters. The Morgan fingerprint density at radius 3 is 2.41 bits per heavy atom. The van der Waals surface area contributed by atoms with Crippen LogP contribution in [-0.4, -0.2) is 28.3 Å². The van der Waals surface area contributed by atoms with Gasteiger partial charge in [0.15, 0.2) is 5.78 Å². The number of hydrogen-bond acceptors (Lipinski definition) is 5. The number of hydrogen-bond donors (Lipinski definition) is 0. The summed E-state index contributed by atoms with van der Waals surface area (Å²) in [6, 6.07) is 19.5. The maximum absolute atomic E-state index is 12.7. The molecule has 0 aliphatic rings. The quantitative estimate of drug-likeness (QED) is 0.311. The molecule has 0 radical (unpaired) electrons. The summed E-state index contributed by atoms with van der Waals surface area (Å²) in [5.74, 6) is -0.493. The largest absolute Gasteiger partial charge is 0.462 e. The van der Waals surface area contributed by atoms with E-state index in [2.05, 4.69) is 9.97 Å². The number of carbonyl (C=O) groups excluding carboxylic acids is 2. The van der Waals surface area contributed by atoms with Gasteiger partial charge in [-0.2, -0.15) is 0 Å². The Morgan fingerprint density at radius 1 is 0.815 bits per heavy atom. The molecule has 0 aliphatic heterocycles. The van der Waals surface area contributed by atoms with Gasteiger partial charge in [-0.05, 0) is 37.3 Å². The van der Waals surface area contributed by atoms with Crippen LogP contribution in [0.2, 0.25) is 0 Å². The highest BCUT2D eigenvalue weighted by Gasteiger charge is 2.15. The van der Waals surface area contributed by atoms with Crippen molar-refractivity contribution < 1.29 is 14.3 Å². The van der Waals surface area contributed by atoms with Crippen LogP contribution in [0.15, 0.2) is 66.7 Å². The monoisotopic (exact) mass is 356 g/mol. The summed E-state index contributed by atoms with van der Waals surface area (Å²) in [5.41, 5.74) is 3.84. The summed E-state index contributed by atoms with van der Waals surface area (Å²) in [7, 11) is 0.